The van der Waals surface area contributed by atoms with E-state index in [0.717, 1.165) is 33.6 Å². The van der Waals surface area contributed by atoms with Crippen molar-refractivity contribution in [2.75, 3.05) is 6.54 Å². The van der Waals surface area contributed by atoms with Gasteiger partial charge in [-0.15, -0.1) is 12.4 Å². The van der Waals surface area contributed by atoms with Crippen molar-refractivity contribution >= 4 is 35.0 Å². The number of halogens is 2. The van der Waals surface area contributed by atoms with E-state index in [0.29, 0.717) is 24.7 Å². The Bertz CT molecular complexity index is 959. The first-order chi connectivity index (χ1) is 13.0. The summed E-state index contributed by atoms with van der Waals surface area (Å²) in [5.74, 6) is 0.776. The normalized spacial score (nSPS) is 19.0. The van der Waals surface area contributed by atoms with E-state index in [-0.39, 0.29) is 18.5 Å². The lowest BCUT2D eigenvalue weighted by Crippen LogP contribution is -2.21. The van der Waals surface area contributed by atoms with Gasteiger partial charge in [-0.25, -0.2) is 0 Å². The number of hydrogen-bond acceptors (Lipinski definition) is 5. The summed E-state index contributed by atoms with van der Waals surface area (Å²) in [7, 11) is 0. The quantitative estimate of drug-likeness (QED) is 0.656. The Labute approximate surface area is 174 Å². The second-order valence-electron chi connectivity index (χ2n) is 6.76. The van der Waals surface area contributed by atoms with Crippen LogP contribution in [0.5, 0.6) is 5.75 Å². The van der Waals surface area contributed by atoms with Gasteiger partial charge in [0.25, 0.3) is 0 Å². The molecule has 0 saturated carbocycles. The number of pyridine rings is 1. The Morgan fingerprint density at radius 1 is 1.29 bits per heavy atom. The minimum Gasteiger partial charge on any atom is -0.487 e. The Morgan fingerprint density at radius 2 is 2.04 bits per heavy atom. The average molecular weight is 424 g/mol. The molecule has 0 radical (unpaired) electrons. The van der Waals surface area contributed by atoms with Crippen LogP contribution in [0.4, 0.5) is 0 Å². The number of rotatable bonds is 5. The van der Waals surface area contributed by atoms with E-state index < -0.39 is 6.41 Å². The third kappa shape index (κ3) is 4.11. The molecule has 0 bridgehead atoms. The smallest absolute Gasteiger partial charge is 0.213 e. The SMILES string of the molecule is Cc1c(C)n(CC2CNC(O)O2)c2c(OCc3ccc(Cl)cc3)ccnc12.Cl. The second kappa shape index (κ2) is 8.68. The van der Waals surface area contributed by atoms with Gasteiger partial charge in [-0.3, -0.25) is 10.3 Å². The van der Waals surface area contributed by atoms with Crippen molar-refractivity contribution in [3.8, 4) is 5.75 Å². The highest BCUT2D eigenvalue weighted by Gasteiger charge is 2.25. The zero-order valence-electron chi connectivity index (χ0n) is 15.7. The number of ether oxygens (including phenoxy) is 2. The molecule has 1 aromatic carbocycles. The van der Waals surface area contributed by atoms with Crippen molar-refractivity contribution in [1.82, 2.24) is 14.9 Å². The minimum absolute atomic E-state index is 0. The van der Waals surface area contributed by atoms with Gasteiger partial charge >= 0.3 is 0 Å². The van der Waals surface area contributed by atoms with Gasteiger partial charge in [0.2, 0.25) is 6.41 Å². The monoisotopic (exact) mass is 423 g/mol. The maximum absolute atomic E-state index is 9.56. The number of nitrogens with one attached hydrogen (secondary N) is 1. The van der Waals surface area contributed by atoms with Crippen molar-refractivity contribution in [3.05, 3.63) is 58.4 Å². The number of hydrogen-bond donors (Lipinski definition) is 2. The number of fused-ring (bicyclic) bond motifs is 1. The van der Waals surface area contributed by atoms with Crippen LogP contribution in [0.1, 0.15) is 16.8 Å². The fourth-order valence-corrected chi connectivity index (χ4v) is 3.55. The summed E-state index contributed by atoms with van der Waals surface area (Å²) in [5, 5.41) is 13.2. The van der Waals surface area contributed by atoms with Crippen LogP contribution in [0.2, 0.25) is 5.02 Å². The number of benzene rings is 1. The highest BCUT2D eigenvalue weighted by Crippen LogP contribution is 2.32. The van der Waals surface area contributed by atoms with E-state index in [9.17, 15) is 5.11 Å². The van der Waals surface area contributed by atoms with Crippen molar-refractivity contribution in [1.29, 1.82) is 0 Å². The van der Waals surface area contributed by atoms with Crippen LogP contribution in [0, 0.1) is 13.8 Å². The Hall–Kier alpha value is -1.83. The molecule has 0 aliphatic carbocycles. The molecule has 0 spiro atoms. The van der Waals surface area contributed by atoms with E-state index in [1.165, 1.54) is 0 Å². The highest BCUT2D eigenvalue weighted by atomic mass is 35.5. The molecule has 3 aromatic rings. The van der Waals surface area contributed by atoms with Gasteiger partial charge in [-0.05, 0) is 37.1 Å². The molecule has 2 unspecified atom stereocenters. The van der Waals surface area contributed by atoms with Gasteiger partial charge < -0.3 is 19.1 Å². The molecule has 2 aromatic heterocycles. The van der Waals surface area contributed by atoms with Crippen molar-refractivity contribution in [2.45, 2.75) is 39.5 Å². The van der Waals surface area contributed by atoms with Crippen LogP contribution in [0.3, 0.4) is 0 Å². The number of aliphatic hydroxyl groups excluding tert-OH is 1. The molecule has 8 heteroatoms. The largest absolute Gasteiger partial charge is 0.487 e. The topological polar surface area (TPSA) is 68.5 Å². The van der Waals surface area contributed by atoms with Crippen LogP contribution in [-0.2, 0) is 17.9 Å². The van der Waals surface area contributed by atoms with Gasteiger partial charge in [0.1, 0.15) is 17.9 Å². The van der Waals surface area contributed by atoms with Crippen LogP contribution in [-0.4, -0.2) is 33.7 Å². The number of nitrogens with zero attached hydrogens (tertiary/aromatic N) is 2. The maximum Gasteiger partial charge on any atom is 0.213 e. The Balaban J connectivity index is 0.00000225. The van der Waals surface area contributed by atoms with E-state index in [1.54, 1.807) is 6.20 Å². The summed E-state index contributed by atoms with van der Waals surface area (Å²) in [5.41, 5.74) is 5.15. The van der Waals surface area contributed by atoms with Gasteiger partial charge in [0.15, 0.2) is 0 Å². The number of aromatic nitrogens is 2. The van der Waals surface area contributed by atoms with Crippen molar-refractivity contribution in [2.24, 2.45) is 0 Å². The molecule has 2 N–H and O–H groups in total. The summed E-state index contributed by atoms with van der Waals surface area (Å²) in [4.78, 5) is 4.55. The predicted molar refractivity (Wildman–Crippen MR) is 111 cm³/mol. The average Bonchev–Trinajstić information content (AvgIpc) is 3.18. The van der Waals surface area contributed by atoms with E-state index in [1.807, 2.05) is 30.3 Å². The zero-order valence-corrected chi connectivity index (χ0v) is 17.3. The molecule has 2 atom stereocenters. The van der Waals surface area contributed by atoms with Crippen LogP contribution >= 0.6 is 24.0 Å². The standard InChI is InChI=1S/C20H22ClN3O3.ClH/c1-12-13(2)24(10-16-9-23-20(25)27-16)19-17(7-8-22-18(12)19)26-11-14-3-5-15(21)6-4-14;/h3-8,16,20,23,25H,9-11H2,1-2H3;1H. The fraction of sp³-hybridized carbons (Fsp3) is 0.350. The molecule has 1 saturated heterocycles. The zero-order chi connectivity index (χ0) is 19.0. The molecule has 150 valence electrons. The maximum atomic E-state index is 9.56. The van der Waals surface area contributed by atoms with E-state index >= 15 is 0 Å². The van der Waals surface area contributed by atoms with Crippen molar-refractivity contribution < 1.29 is 14.6 Å². The third-order valence-corrected chi connectivity index (χ3v) is 5.25. The first kappa shape index (κ1) is 20.9. The first-order valence-electron chi connectivity index (χ1n) is 8.91. The molecule has 0 amide bonds. The lowest BCUT2D eigenvalue weighted by molar-refractivity contribution is -0.103. The van der Waals surface area contributed by atoms with Gasteiger partial charge in [0, 0.05) is 29.5 Å². The van der Waals surface area contributed by atoms with E-state index in [2.05, 4.69) is 28.7 Å². The van der Waals surface area contributed by atoms with Gasteiger partial charge in [-0.1, -0.05) is 23.7 Å². The summed E-state index contributed by atoms with van der Waals surface area (Å²) < 4.78 is 13.8. The number of aryl methyl sites for hydroxylation is 1. The summed E-state index contributed by atoms with van der Waals surface area (Å²) in [6, 6.07) is 9.51. The molecular weight excluding hydrogens is 401 g/mol. The van der Waals surface area contributed by atoms with Crippen LogP contribution in [0.15, 0.2) is 36.5 Å². The Morgan fingerprint density at radius 3 is 2.71 bits per heavy atom. The number of aliphatic hydroxyl groups is 1. The lowest BCUT2D eigenvalue weighted by Gasteiger charge is -2.16. The molecule has 1 aliphatic heterocycles. The molecular formula is C20H23Cl2N3O3. The summed E-state index contributed by atoms with van der Waals surface area (Å²) in [6.45, 7) is 5.79. The van der Waals surface area contributed by atoms with Gasteiger partial charge in [0.05, 0.1) is 18.2 Å². The molecule has 3 heterocycles. The van der Waals surface area contributed by atoms with Crippen molar-refractivity contribution in [3.63, 3.8) is 0 Å². The fourth-order valence-electron chi connectivity index (χ4n) is 3.42. The molecule has 1 aliphatic rings. The molecule has 4 rings (SSSR count). The van der Waals surface area contributed by atoms with E-state index in [4.69, 9.17) is 21.1 Å². The summed E-state index contributed by atoms with van der Waals surface area (Å²) in [6.07, 6.45) is 0.753. The Kier molecular flexibility index (Phi) is 6.47. The second-order valence-corrected chi connectivity index (χ2v) is 7.20. The van der Waals surface area contributed by atoms with Gasteiger partial charge in [-0.2, -0.15) is 0 Å². The lowest BCUT2D eigenvalue weighted by atomic mass is 10.2. The predicted octanol–water partition coefficient (Wildman–Crippen LogP) is 3.57. The highest BCUT2D eigenvalue weighted by molar-refractivity contribution is 6.30. The van der Waals surface area contributed by atoms with Crippen LogP contribution < -0.4 is 10.1 Å². The molecule has 1 fully saturated rings. The molecule has 28 heavy (non-hydrogen) atoms. The third-order valence-electron chi connectivity index (χ3n) is 5.00. The molecule has 6 nitrogen and oxygen atoms in total. The minimum atomic E-state index is -0.906. The van der Waals surface area contributed by atoms with Crippen LogP contribution in [0.25, 0.3) is 11.0 Å². The summed E-state index contributed by atoms with van der Waals surface area (Å²) >= 11 is 5.95. The first-order valence-corrected chi connectivity index (χ1v) is 9.29.